The molecule has 0 aliphatic carbocycles. The molecule has 2 aliphatic heterocycles. The van der Waals surface area contributed by atoms with Crippen molar-refractivity contribution in [3.8, 4) is 0 Å². The molecule has 0 radical (unpaired) electrons. The first kappa shape index (κ1) is 22.5. The molecule has 5 nitrogen and oxygen atoms in total. The Morgan fingerprint density at radius 3 is 2.12 bits per heavy atom. The standard InChI is InChI=1S/C27H35N3O2/c1-21(2)19-24-25(31)30(16-13-22-9-5-3-6-10-22)27(26(32)28-24)14-17-29(18-15-27)20-23-11-7-4-8-12-23/h3-12,21,24H,13-20H2,1-2H3,(H,28,32). The highest BCUT2D eigenvalue weighted by Crippen LogP contribution is 2.34. The van der Waals surface area contributed by atoms with Crippen molar-refractivity contribution in [1.29, 1.82) is 0 Å². The lowest BCUT2D eigenvalue weighted by Gasteiger charge is -2.52. The van der Waals surface area contributed by atoms with E-state index in [4.69, 9.17) is 0 Å². The van der Waals surface area contributed by atoms with E-state index in [2.05, 4.69) is 60.5 Å². The van der Waals surface area contributed by atoms with Crippen molar-refractivity contribution in [2.24, 2.45) is 5.92 Å². The molecule has 0 aromatic heterocycles. The van der Waals surface area contributed by atoms with Gasteiger partial charge in [0.1, 0.15) is 11.6 Å². The average molecular weight is 434 g/mol. The zero-order chi connectivity index (χ0) is 22.6. The van der Waals surface area contributed by atoms with Gasteiger partial charge in [-0.3, -0.25) is 14.5 Å². The molecule has 2 fully saturated rings. The summed E-state index contributed by atoms with van der Waals surface area (Å²) in [7, 11) is 0. The number of rotatable bonds is 7. The number of piperazine rings is 1. The minimum Gasteiger partial charge on any atom is -0.342 e. The Bertz CT molecular complexity index is 905. The highest BCUT2D eigenvalue weighted by Gasteiger charge is 2.53. The fourth-order valence-electron chi connectivity index (χ4n) is 5.14. The summed E-state index contributed by atoms with van der Waals surface area (Å²) in [6, 6.07) is 20.3. The zero-order valence-electron chi connectivity index (χ0n) is 19.3. The maximum Gasteiger partial charge on any atom is 0.246 e. The lowest BCUT2D eigenvalue weighted by Crippen LogP contribution is -2.73. The average Bonchev–Trinajstić information content (AvgIpc) is 2.80. The lowest BCUT2D eigenvalue weighted by molar-refractivity contribution is -0.161. The van der Waals surface area contributed by atoms with Gasteiger partial charge >= 0.3 is 0 Å². The summed E-state index contributed by atoms with van der Waals surface area (Å²) in [5.41, 5.74) is 1.75. The molecule has 1 atom stereocenters. The minimum absolute atomic E-state index is 0.0372. The van der Waals surface area contributed by atoms with Crippen LogP contribution in [0.25, 0.3) is 0 Å². The molecule has 2 aliphatic rings. The van der Waals surface area contributed by atoms with Crippen molar-refractivity contribution in [1.82, 2.24) is 15.1 Å². The molecule has 4 rings (SSSR count). The van der Waals surface area contributed by atoms with Crippen LogP contribution in [-0.4, -0.2) is 52.8 Å². The topological polar surface area (TPSA) is 52.7 Å². The van der Waals surface area contributed by atoms with Crippen LogP contribution in [0.5, 0.6) is 0 Å². The Kier molecular flexibility index (Phi) is 6.95. The van der Waals surface area contributed by atoms with E-state index in [9.17, 15) is 9.59 Å². The predicted octanol–water partition coefficient (Wildman–Crippen LogP) is 3.64. The van der Waals surface area contributed by atoms with Crippen LogP contribution in [0.4, 0.5) is 0 Å². The van der Waals surface area contributed by atoms with Crippen LogP contribution in [0.15, 0.2) is 60.7 Å². The Morgan fingerprint density at radius 1 is 0.938 bits per heavy atom. The number of nitrogens with one attached hydrogen (secondary N) is 1. The van der Waals surface area contributed by atoms with E-state index in [0.717, 1.165) is 26.1 Å². The molecule has 170 valence electrons. The van der Waals surface area contributed by atoms with Crippen LogP contribution in [0.2, 0.25) is 0 Å². The third-order valence-electron chi connectivity index (χ3n) is 6.92. The summed E-state index contributed by atoms with van der Waals surface area (Å²) in [5.74, 6) is 0.475. The molecule has 1 spiro atoms. The summed E-state index contributed by atoms with van der Waals surface area (Å²) in [6.45, 7) is 7.29. The van der Waals surface area contributed by atoms with Gasteiger partial charge in [-0.1, -0.05) is 74.5 Å². The Balaban J connectivity index is 1.51. The van der Waals surface area contributed by atoms with Crippen LogP contribution < -0.4 is 5.32 Å². The molecule has 2 aromatic carbocycles. The van der Waals surface area contributed by atoms with E-state index in [1.807, 2.05) is 29.2 Å². The van der Waals surface area contributed by atoms with Gasteiger partial charge in [-0.15, -0.1) is 0 Å². The first-order valence-corrected chi connectivity index (χ1v) is 11.9. The number of likely N-dealkylation sites (tertiary alicyclic amines) is 1. The second-order valence-electron chi connectivity index (χ2n) is 9.67. The smallest absolute Gasteiger partial charge is 0.246 e. The summed E-state index contributed by atoms with van der Waals surface area (Å²) >= 11 is 0. The number of piperidine rings is 1. The molecular weight excluding hydrogens is 398 g/mol. The van der Waals surface area contributed by atoms with Gasteiger partial charge in [0.15, 0.2) is 0 Å². The monoisotopic (exact) mass is 433 g/mol. The van der Waals surface area contributed by atoms with Gasteiger partial charge in [0.2, 0.25) is 11.8 Å². The van der Waals surface area contributed by atoms with Gasteiger partial charge in [-0.2, -0.15) is 0 Å². The summed E-state index contributed by atoms with van der Waals surface area (Å²) in [4.78, 5) is 31.4. The quantitative estimate of drug-likeness (QED) is 0.725. The number of carbonyl (C=O) groups excluding carboxylic acids is 2. The summed E-state index contributed by atoms with van der Waals surface area (Å²) < 4.78 is 0. The molecule has 0 bridgehead atoms. The van der Waals surface area contributed by atoms with Crippen LogP contribution in [0.3, 0.4) is 0 Å². The lowest BCUT2D eigenvalue weighted by atomic mass is 9.80. The SMILES string of the molecule is CC(C)CC1NC(=O)C2(CCN(Cc3ccccc3)CC2)N(CCc2ccccc2)C1=O. The maximum absolute atomic E-state index is 13.6. The highest BCUT2D eigenvalue weighted by atomic mass is 16.2. The van der Waals surface area contributed by atoms with Gasteiger partial charge < -0.3 is 10.2 Å². The van der Waals surface area contributed by atoms with Gasteiger partial charge in [0.05, 0.1) is 0 Å². The van der Waals surface area contributed by atoms with E-state index in [0.29, 0.717) is 31.7 Å². The molecule has 0 saturated carbocycles. The number of benzene rings is 2. The molecule has 1 unspecified atom stereocenters. The number of nitrogens with zero attached hydrogens (tertiary/aromatic N) is 2. The van der Waals surface area contributed by atoms with Gasteiger partial charge in [0, 0.05) is 26.2 Å². The second-order valence-corrected chi connectivity index (χ2v) is 9.67. The molecule has 5 heteroatoms. The molecule has 2 amide bonds. The van der Waals surface area contributed by atoms with Crippen molar-refractivity contribution >= 4 is 11.8 Å². The van der Waals surface area contributed by atoms with Crippen molar-refractivity contribution < 1.29 is 9.59 Å². The van der Waals surface area contributed by atoms with Crippen LogP contribution >= 0.6 is 0 Å². The maximum atomic E-state index is 13.6. The number of hydrogen-bond donors (Lipinski definition) is 1. The zero-order valence-corrected chi connectivity index (χ0v) is 19.3. The van der Waals surface area contributed by atoms with E-state index >= 15 is 0 Å². The fraction of sp³-hybridized carbons (Fsp3) is 0.481. The number of amides is 2. The Morgan fingerprint density at radius 2 is 1.53 bits per heavy atom. The second kappa shape index (κ2) is 9.86. The van der Waals surface area contributed by atoms with E-state index in [1.54, 1.807) is 0 Å². The van der Waals surface area contributed by atoms with E-state index in [1.165, 1.54) is 11.1 Å². The largest absolute Gasteiger partial charge is 0.342 e. The van der Waals surface area contributed by atoms with Crippen LogP contribution in [0.1, 0.15) is 44.2 Å². The minimum atomic E-state index is -0.730. The third-order valence-corrected chi connectivity index (χ3v) is 6.92. The number of hydrogen-bond acceptors (Lipinski definition) is 3. The normalized spacial score (nSPS) is 21.2. The molecule has 1 N–H and O–H groups in total. The first-order chi connectivity index (χ1) is 15.5. The third kappa shape index (κ3) is 4.88. The number of carbonyl (C=O) groups is 2. The van der Waals surface area contributed by atoms with E-state index < -0.39 is 11.6 Å². The molecule has 2 aromatic rings. The van der Waals surface area contributed by atoms with Crippen molar-refractivity contribution in [3.05, 3.63) is 71.8 Å². The fourth-order valence-corrected chi connectivity index (χ4v) is 5.14. The Labute approximate surface area is 191 Å². The molecular formula is C27H35N3O2. The summed E-state index contributed by atoms with van der Waals surface area (Å²) in [5, 5.41) is 3.10. The molecule has 32 heavy (non-hydrogen) atoms. The van der Waals surface area contributed by atoms with Crippen LogP contribution in [-0.2, 0) is 22.6 Å². The van der Waals surface area contributed by atoms with Gasteiger partial charge in [-0.25, -0.2) is 0 Å². The van der Waals surface area contributed by atoms with Crippen molar-refractivity contribution in [3.63, 3.8) is 0 Å². The van der Waals surface area contributed by atoms with Crippen molar-refractivity contribution in [2.75, 3.05) is 19.6 Å². The summed E-state index contributed by atoms with van der Waals surface area (Å²) in [6.07, 6.45) is 2.81. The predicted molar refractivity (Wildman–Crippen MR) is 127 cm³/mol. The van der Waals surface area contributed by atoms with Crippen LogP contribution in [0, 0.1) is 5.92 Å². The van der Waals surface area contributed by atoms with E-state index in [-0.39, 0.29) is 11.8 Å². The highest BCUT2D eigenvalue weighted by molar-refractivity contribution is 6.00. The molecule has 2 saturated heterocycles. The molecule has 2 heterocycles. The van der Waals surface area contributed by atoms with Gasteiger partial charge in [0.25, 0.3) is 0 Å². The Hall–Kier alpha value is -2.66. The van der Waals surface area contributed by atoms with Gasteiger partial charge in [-0.05, 0) is 42.7 Å². The van der Waals surface area contributed by atoms with Crippen molar-refractivity contribution in [2.45, 2.75) is 57.7 Å². The first-order valence-electron chi connectivity index (χ1n) is 11.9.